The largest absolute Gasteiger partial charge is 0.459 e. The molecular formula is C12H24NO7P. The monoisotopic (exact) mass is 325 g/mol. The molecule has 0 aliphatic heterocycles. The summed E-state index contributed by atoms with van der Waals surface area (Å²) in [6, 6.07) is 0. The third-order valence-electron chi connectivity index (χ3n) is 2.26. The van der Waals surface area contributed by atoms with Gasteiger partial charge < -0.3 is 13.8 Å². The molecule has 124 valence electrons. The van der Waals surface area contributed by atoms with E-state index in [-0.39, 0.29) is 19.6 Å². The molecule has 0 saturated carbocycles. The Labute approximate surface area is 124 Å². The Morgan fingerprint density at radius 2 is 1.71 bits per heavy atom. The van der Waals surface area contributed by atoms with Crippen molar-refractivity contribution in [2.75, 3.05) is 19.8 Å². The molecule has 0 heterocycles. The maximum atomic E-state index is 12.7. The van der Waals surface area contributed by atoms with Crippen LogP contribution >= 0.6 is 7.60 Å². The lowest BCUT2D eigenvalue weighted by atomic mass is 10.2. The van der Waals surface area contributed by atoms with E-state index in [0.29, 0.717) is 0 Å². The van der Waals surface area contributed by atoms with Crippen molar-refractivity contribution in [3.8, 4) is 0 Å². The van der Waals surface area contributed by atoms with Crippen molar-refractivity contribution in [3.05, 3.63) is 10.1 Å². The van der Waals surface area contributed by atoms with E-state index in [1.54, 1.807) is 34.6 Å². The third-order valence-corrected chi connectivity index (χ3v) is 4.73. The second kappa shape index (κ2) is 8.46. The van der Waals surface area contributed by atoms with Gasteiger partial charge in [-0.25, -0.2) is 0 Å². The summed E-state index contributed by atoms with van der Waals surface area (Å²) in [5.41, 5.74) is -2.10. The first-order chi connectivity index (χ1) is 9.55. The van der Waals surface area contributed by atoms with Gasteiger partial charge in [-0.3, -0.25) is 19.5 Å². The van der Waals surface area contributed by atoms with Crippen LogP contribution in [0, 0.1) is 10.1 Å². The molecule has 0 aliphatic rings. The van der Waals surface area contributed by atoms with Gasteiger partial charge in [0.15, 0.2) is 5.66 Å². The van der Waals surface area contributed by atoms with Crippen molar-refractivity contribution >= 4 is 13.6 Å². The number of esters is 1. The van der Waals surface area contributed by atoms with Gasteiger partial charge in [0.25, 0.3) is 0 Å². The normalized spacial score (nSPS) is 13.8. The molecule has 0 rings (SSSR count). The van der Waals surface area contributed by atoms with E-state index in [2.05, 4.69) is 0 Å². The lowest BCUT2D eigenvalue weighted by Gasteiger charge is -2.27. The number of ether oxygens (including phenoxy) is 1. The van der Waals surface area contributed by atoms with Crippen LogP contribution in [0.3, 0.4) is 0 Å². The van der Waals surface area contributed by atoms with E-state index < -0.39 is 36.3 Å². The van der Waals surface area contributed by atoms with Crippen molar-refractivity contribution in [3.63, 3.8) is 0 Å². The van der Waals surface area contributed by atoms with Gasteiger partial charge in [0.2, 0.25) is 6.54 Å². The standard InChI is InChI=1S/C12H24NO7P/c1-6-18-21(17,19-7-2)10(8-9-13(15)16)11(14)20-12(3,4)5/h10H,6-9H2,1-5H3. The fraction of sp³-hybridized carbons (Fsp3) is 0.917. The SMILES string of the molecule is CCOP(=O)(OCC)C(CC[N+](=O)[O-])C(=O)OC(C)(C)C. The second-order valence-electron chi connectivity index (χ2n) is 5.27. The maximum Gasteiger partial charge on any atom is 0.345 e. The van der Waals surface area contributed by atoms with Crippen LogP contribution in [-0.4, -0.2) is 41.9 Å². The molecule has 0 saturated heterocycles. The predicted molar refractivity (Wildman–Crippen MR) is 77.0 cm³/mol. The summed E-state index contributed by atoms with van der Waals surface area (Å²) in [6.07, 6.45) is -0.265. The minimum absolute atomic E-state index is 0.0645. The molecule has 0 fully saturated rings. The minimum Gasteiger partial charge on any atom is -0.459 e. The summed E-state index contributed by atoms with van der Waals surface area (Å²) in [7, 11) is -3.81. The van der Waals surface area contributed by atoms with E-state index in [0.717, 1.165) is 0 Å². The zero-order valence-corrected chi connectivity index (χ0v) is 14.1. The van der Waals surface area contributed by atoms with Gasteiger partial charge in [-0.1, -0.05) is 0 Å². The Kier molecular flexibility index (Phi) is 8.06. The molecule has 0 N–H and O–H groups in total. The van der Waals surface area contributed by atoms with Crippen LogP contribution in [-0.2, 0) is 23.1 Å². The molecule has 0 aromatic carbocycles. The Bertz CT molecular complexity index is 395. The lowest BCUT2D eigenvalue weighted by molar-refractivity contribution is -0.480. The molecule has 1 atom stereocenters. The van der Waals surface area contributed by atoms with Crippen LogP contribution < -0.4 is 0 Å². The summed E-state index contributed by atoms with van der Waals surface area (Å²) >= 11 is 0. The van der Waals surface area contributed by atoms with Crippen molar-refractivity contribution in [2.45, 2.75) is 52.3 Å². The van der Waals surface area contributed by atoms with Gasteiger partial charge in [0.1, 0.15) is 5.60 Å². The molecule has 0 aromatic rings. The number of rotatable bonds is 9. The van der Waals surface area contributed by atoms with Crippen molar-refractivity contribution in [2.24, 2.45) is 0 Å². The van der Waals surface area contributed by atoms with E-state index in [1.807, 2.05) is 0 Å². The Morgan fingerprint density at radius 3 is 2.05 bits per heavy atom. The van der Waals surface area contributed by atoms with E-state index in [1.165, 1.54) is 0 Å². The molecule has 0 aromatic heterocycles. The Balaban J connectivity index is 5.30. The lowest BCUT2D eigenvalue weighted by Crippen LogP contribution is -2.34. The third kappa shape index (κ3) is 7.55. The first-order valence-corrected chi connectivity index (χ1v) is 8.40. The highest BCUT2D eigenvalue weighted by atomic mass is 31.2. The molecular weight excluding hydrogens is 301 g/mol. The van der Waals surface area contributed by atoms with E-state index >= 15 is 0 Å². The van der Waals surface area contributed by atoms with Gasteiger partial charge in [-0.15, -0.1) is 0 Å². The maximum absolute atomic E-state index is 12.7. The number of carbonyl (C=O) groups excluding carboxylic acids is 1. The van der Waals surface area contributed by atoms with Crippen LogP contribution in [0.1, 0.15) is 41.0 Å². The smallest absolute Gasteiger partial charge is 0.345 e. The first kappa shape index (κ1) is 20.0. The van der Waals surface area contributed by atoms with Crippen LogP contribution in [0.4, 0.5) is 0 Å². The molecule has 0 bridgehead atoms. The number of nitro groups is 1. The highest BCUT2D eigenvalue weighted by molar-refractivity contribution is 7.55. The summed E-state index contributed by atoms with van der Waals surface area (Å²) < 4.78 is 28.1. The zero-order valence-electron chi connectivity index (χ0n) is 13.2. The fourth-order valence-corrected chi connectivity index (χ4v) is 3.48. The van der Waals surface area contributed by atoms with Crippen molar-refractivity contribution in [1.82, 2.24) is 0 Å². The van der Waals surface area contributed by atoms with Gasteiger partial charge in [0.05, 0.1) is 13.2 Å². The van der Waals surface area contributed by atoms with Crippen LogP contribution in [0.25, 0.3) is 0 Å². The summed E-state index contributed by atoms with van der Waals surface area (Å²) in [5.74, 6) is -0.811. The number of carbonyl (C=O) groups is 1. The van der Waals surface area contributed by atoms with Crippen LogP contribution in [0.2, 0.25) is 0 Å². The average Bonchev–Trinajstić information content (AvgIpc) is 2.26. The topological polar surface area (TPSA) is 105 Å². The molecule has 8 nitrogen and oxygen atoms in total. The molecule has 9 heteroatoms. The highest BCUT2D eigenvalue weighted by Crippen LogP contribution is 2.54. The quantitative estimate of drug-likeness (QED) is 0.278. The second-order valence-corrected chi connectivity index (χ2v) is 7.49. The molecule has 0 radical (unpaired) electrons. The predicted octanol–water partition coefficient (Wildman–Crippen LogP) is 2.63. The van der Waals surface area contributed by atoms with Crippen LogP contribution in [0.15, 0.2) is 0 Å². The Morgan fingerprint density at radius 1 is 1.24 bits per heavy atom. The van der Waals surface area contributed by atoms with E-state index in [9.17, 15) is 19.5 Å². The number of hydrogen-bond donors (Lipinski definition) is 0. The Hall–Kier alpha value is -0.980. The van der Waals surface area contributed by atoms with Gasteiger partial charge in [-0.2, -0.15) is 0 Å². The minimum atomic E-state index is -3.81. The van der Waals surface area contributed by atoms with Gasteiger partial charge in [-0.05, 0) is 34.6 Å². The van der Waals surface area contributed by atoms with Gasteiger partial charge in [0, 0.05) is 11.3 Å². The molecule has 21 heavy (non-hydrogen) atoms. The molecule has 0 aliphatic carbocycles. The van der Waals surface area contributed by atoms with Gasteiger partial charge >= 0.3 is 13.6 Å². The summed E-state index contributed by atoms with van der Waals surface area (Å²) in [6.45, 7) is 7.78. The number of nitrogens with zero attached hydrogens (tertiary/aromatic N) is 1. The molecule has 1 unspecified atom stereocenters. The average molecular weight is 325 g/mol. The summed E-state index contributed by atoms with van der Waals surface area (Å²) in [5, 5.41) is 10.5. The highest BCUT2D eigenvalue weighted by Gasteiger charge is 2.44. The van der Waals surface area contributed by atoms with Crippen LogP contribution in [0.5, 0.6) is 0 Å². The van der Waals surface area contributed by atoms with Crippen molar-refractivity contribution in [1.29, 1.82) is 0 Å². The fourth-order valence-electron chi connectivity index (χ4n) is 1.58. The molecule has 0 spiro atoms. The number of hydrogen-bond acceptors (Lipinski definition) is 7. The van der Waals surface area contributed by atoms with E-state index in [4.69, 9.17) is 13.8 Å². The summed E-state index contributed by atoms with van der Waals surface area (Å²) in [4.78, 5) is 22.1. The molecule has 0 amide bonds. The first-order valence-electron chi connectivity index (χ1n) is 6.79. The zero-order chi connectivity index (χ0) is 16.7. The van der Waals surface area contributed by atoms with Crippen molar-refractivity contribution < 1.29 is 28.1 Å².